The van der Waals surface area contributed by atoms with Gasteiger partial charge in [0, 0.05) is 20.6 Å². The van der Waals surface area contributed by atoms with E-state index in [1.165, 1.54) is 0 Å². The third-order valence-electron chi connectivity index (χ3n) is 1.75. The predicted octanol–water partition coefficient (Wildman–Crippen LogP) is 1.89. The van der Waals surface area contributed by atoms with E-state index < -0.39 is 0 Å². The second kappa shape index (κ2) is 3.72. The molecule has 0 saturated carbocycles. The van der Waals surface area contributed by atoms with Gasteiger partial charge in [0.1, 0.15) is 5.82 Å². The number of hydrogen-bond donors (Lipinski definition) is 0. The Morgan fingerprint density at radius 3 is 3.00 bits per heavy atom. The first-order chi connectivity index (χ1) is 5.22. The van der Waals surface area contributed by atoms with Gasteiger partial charge in [0.25, 0.3) is 0 Å². The summed E-state index contributed by atoms with van der Waals surface area (Å²) in [6, 6.07) is 0. The molecule has 1 rings (SSSR count). The molecule has 0 atom stereocenters. The molecule has 11 heavy (non-hydrogen) atoms. The van der Waals surface area contributed by atoms with Gasteiger partial charge in [-0.05, 0) is 23.8 Å². The maximum absolute atomic E-state index is 3.98. The van der Waals surface area contributed by atoms with Crippen molar-refractivity contribution < 1.29 is 0 Å². The summed E-state index contributed by atoms with van der Waals surface area (Å²) in [6.45, 7) is 5.03. The molecule has 0 aromatic rings. The summed E-state index contributed by atoms with van der Waals surface area (Å²) in [7, 11) is 4.09. The van der Waals surface area contributed by atoms with Crippen molar-refractivity contribution in [2.75, 3.05) is 20.6 Å². The zero-order chi connectivity index (χ0) is 8.27. The van der Waals surface area contributed by atoms with Crippen LogP contribution < -0.4 is 0 Å². The minimum atomic E-state index is 1.06. The molecule has 0 bridgehead atoms. The van der Waals surface area contributed by atoms with E-state index in [0.717, 1.165) is 18.8 Å². The second-order valence-electron chi connectivity index (χ2n) is 2.60. The average molecular weight is 170 g/mol. The Hall–Kier alpha value is -0.570. The van der Waals surface area contributed by atoms with Crippen LogP contribution in [0.25, 0.3) is 0 Å². The molecule has 0 aliphatic carbocycles. The Morgan fingerprint density at radius 2 is 2.27 bits per heavy atom. The van der Waals surface area contributed by atoms with Crippen molar-refractivity contribution in [3.8, 4) is 0 Å². The normalized spacial score (nSPS) is 22.9. The van der Waals surface area contributed by atoms with Crippen molar-refractivity contribution in [3.05, 3.63) is 23.9 Å². The highest BCUT2D eigenvalue weighted by Gasteiger charge is 2.07. The lowest BCUT2D eigenvalue weighted by Crippen LogP contribution is -2.26. The monoisotopic (exact) mass is 170 g/mol. The predicted molar refractivity (Wildman–Crippen MR) is 50.9 cm³/mol. The Morgan fingerprint density at radius 1 is 1.55 bits per heavy atom. The fraction of sp³-hybridized carbons (Fsp3) is 0.500. The molecule has 3 heteroatoms. The summed E-state index contributed by atoms with van der Waals surface area (Å²) < 4.78 is 2.07. The van der Waals surface area contributed by atoms with Gasteiger partial charge in [0.2, 0.25) is 0 Å². The van der Waals surface area contributed by atoms with E-state index in [9.17, 15) is 0 Å². The molecular formula is C8H14N2S. The van der Waals surface area contributed by atoms with Crippen molar-refractivity contribution >= 4 is 11.9 Å². The minimum absolute atomic E-state index is 1.06. The zero-order valence-electron chi connectivity index (χ0n) is 7.08. The molecule has 0 N–H and O–H groups in total. The molecule has 1 aliphatic heterocycles. The van der Waals surface area contributed by atoms with Crippen molar-refractivity contribution in [2.45, 2.75) is 6.42 Å². The molecule has 0 spiro atoms. The minimum Gasteiger partial charge on any atom is -0.361 e. The molecule has 0 unspecified atom stereocenters. The maximum Gasteiger partial charge on any atom is 0.106 e. The summed E-state index contributed by atoms with van der Waals surface area (Å²) in [4.78, 5) is 2.16. The maximum atomic E-state index is 3.98. The van der Waals surface area contributed by atoms with E-state index in [0.29, 0.717) is 0 Å². The Labute approximate surface area is 72.7 Å². The summed E-state index contributed by atoms with van der Waals surface area (Å²) in [5, 5.41) is 2.11. The summed E-state index contributed by atoms with van der Waals surface area (Å²) >= 11 is 1.68. The van der Waals surface area contributed by atoms with Gasteiger partial charge in [-0.1, -0.05) is 12.7 Å². The van der Waals surface area contributed by atoms with Crippen molar-refractivity contribution in [1.82, 2.24) is 9.21 Å². The van der Waals surface area contributed by atoms with Crippen molar-refractivity contribution in [1.29, 1.82) is 0 Å². The van der Waals surface area contributed by atoms with E-state index in [1.807, 2.05) is 7.05 Å². The van der Waals surface area contributed by atoms with Crippen LogP contribution in [0.4, 0.5) is 0 Å². The van der Waals surface area contributed by atoms with Gasteiger partial charge in [-0.15, -0.1) is 0 Å². The lowest BCUT2D eigenvalue weighted by Gasteiger charge is -2.29. The third kappa shape index (κ3) is 2.19. The molecule has 0 aromatic heterocycles. The number of nitrogens with zero attached hydrogens (tertiary/aromatic N) is 2. The van der Waals surface area contributed by atoms with Gasteiger partial charge in [-0.25, -0.2) is 0 Å². The second-order valence-corrected chi connectivity index (χ2v) is 3.63. The van der Waals surface area contributed by atoms with Gasteiger partial charge in [0.05, 0.1) is 0 Å². The SMILES string of the molecule is C=C1N(C)CC/C=C\SN1C. The van der Waals surface area contributed by atoms with Gasteiger partial charge >= 0.3 is 0 Å². The molecule has 2 nitrogen and oxygen atoms in total. The molecule has 1 aliphatic rings. The van der Waals surface area contributed by atoms with Crippen LogP contribution in [0, 0.1) is 0 Å². The smallest absolute Gasteiger partial charge is 0.106 e. The molecule has 0 fully saturated rings. The van der Waals surface area contributed by atoms with Gasteiger partial charge in [0.15, 0.2) is 0 Å². The Balaban J connectivity index is 2.62. The van der Waals surface area contributed by atoms with Gasteiger partial charge in [-0.3, -0.25) is 0 Å². The van der Waals surface area contributed by atoms with Gasteiger partial charge in [-0.2, -0.15) is 0 Å². The molecule has 62 valence electrons. The van der Waals surface area contributed by atoms with Crippen LogP contribution in [0.1, 0.15) is 6.42 Å². The van der Waals surface area contributed by atoms with Crippen LogP contribution in [-0.2, 0) is 0 Å². The quantitative estimate of drug-likeness (QED) is 0.513. The van der Waals surface area contributed by atoms with Crippen LogP contribution in [0.15, 0.2) is 23.9 Å². The molecule has 1 heterocycles. The highest BCUT2D eigenvalue weighted by molar-refractivity contribution is 8.00. The first-order valence-corrected chi connectivity index (χ1v) is 4.51. The van der Waals surface area contributed by atoms with E-state index in [4.69, 9.17) is 0 Å². The first kappa shape index (κ1) is 8.53. The molecule has 0 radical (unpaired) electrons. The van der Waals surface area contributed by atoms with Crippen LogP contribution in [0.5, 0.6) is 0 Å². The highest BCUT2D eigenvalue weighted by Crippen LogP contribution is 2.19. The zero-order valence-corrected chi connectivity index (χ0v) is 7.90. The average Bonchev–Trinajstić information content (AvgIpc) is 2.00. The van der Waals surface area contributed by atoms with Crippen LogP contribution in [0.3, 0.4) is 0 Å². The summed E-state index contributed by atoms with van der Waals surface area (Å²) in [5.74, 6) is 1.07. The fourth-order valence-corrected chi connectivity index (χ4v) is 1.57. The highest BCUT2D eigenvalue weighted by atomic mass is 32.2. The van der Waals surface area contributed by atoms with Crippen molar-refractivity contribution in [3.63, 3.8) is 0 Å². The molecule has 0 saturated heterocycles. The largest absolute Gasteiger partial charge is 0.361 e. The molecule has 0 aromatic carbocycles. The number of hydrogen-bond acceptors (Lipinski definition) is 3. The summed E-state index contributed by atoms with van der Waals surface area (Å²) in [6.07, 6.45) is 3.29. The molecule has 0 amide bonds. The van der Waals surface area contributed by atoms with Crippen LogP contribution in [0.2, 0.25) is 0 Å². The fourth-order valence-electron chi connectivity index (χ4n) is 0.901. The van der Waals surface area contributed by atoms with Gasteiger partial charge < -0.3 is 9.21 Å². The third-order valence-corrected chi connectivity index (χ3v) is 2.59. The van der Waals surface area contributed by atoms with Crippen molar-refractivity contribution in [2.24, 2.45) is 0 Å². The lowest BCUT2D eigenvalue weighted by atomic mass is 10.4. The first-order valence-electron chi connectivity index (χ1n) is 3.67. The standard InChI is InChI=1S/C8H14N2S/c1-8-9(2)6-4-5-7-11-10(8)3/h5,7H,1,4,6H2,2-3H3/b7-5-. The lowest BCUT2D eigenvalue weighted by molar-refractivity contribution is 0.356. The van der Waals surface area contributed by atoms with E-state index in [1.54, 1.807) is 11.9 Å². The topological polar surface area (TPSA) is 6.48 Å². The van der Waals surface area contributed by atoms with E-state index >= 15 is 0 Å². The van der Waals surface area contributed by atoms with Crippen LogP contribution in [-0.4, -0.2) is 29.8 Å². The Kier molecular flexibility index (Phi) is 2.88. The van der Waals surface area contributed by atoms with E-state index in [-0.39, 0.29) is 0 Å². The Bertz CT molecular complexity index is 177. The number of rotatable bonds is 0. The van der Waals surface area contributed by atoms with E-state index in [2.05, 4.69) is 34.3 Å². The summed E-state index contributed by atoms with van der Waals surface area (Å²) in [5.41, 5.74) is 0. The van der Waals surface area contributed by atoms with Crippen LogP contribution >= 0.6 is 11.9 Å². The molecular weight excluding hydrogens is 156 g/mol.